The van der Waals surface area contributed by atoms with Gasteiger partial charge >= 0.3 is 0 Å². The Morgan fingerprint density at radius 2 is 1.77 bits per heavy atom. The van der Waals surface area contributed by atoms with E-state index in [9.17, 15) is 0 Å². The summed E-state index contributed by atoms with van der Waals surface area (Å²) in [5.74, 6) is 2.92. The van der Waals surface area contributed by atoms with Crippen LogP contribution in [0.3, 0.4) is 0 Å². The zero-order valence-corrected chi connectivity index (χ0v) is 13.6. The Hall–Kier alpha value is -2.00. The monoisotopic (exact) mass is 297 g/mol. The van der Waals surface area contributed by atoms with Gasteiger partial charge < -0.3 is 8.83 Å². The fourth-order valence-electron chi connectivity index (χ4n) is 3.05. The summed E-state index contributed by atoms with van der Waals surface area (Å²) in [6, 6.07) is 12.5. The van der Waals surface area contributed by atoms with Crippen LogP contribution in [0.1, 0.15) is 55.7 Å². The minimum absolute atomic E-state index is 0.128. The summed E-state index contributed by atoms with van der Waals surface area (Å²) in [7, 11) is 0. The summed E-state index contributed by atoms with van der Waals surface area (Å²) in [4.78, 5) is 0. The summed E-state index contributed by atoms with van der Waals surface area (Å²) in [5.41, 5.74) is 2.25. The van der Waals surface area contributed by atoms with Crippen LogP contribution < -0.4 is 5.32 Å². The summed E-state index contributed by atoms with van der Waals surface area (Å²) < 4.78 is 11.8. The fraction of sp³-hybridized carbons (Fsp3) is 0.368. The SMILES string of the molecule is CCc1c(C(C)NC(C)c2ccc(C)o2)oc2ccccc12. The Morgan fingerprint density at radius 3 is 2.45 bits per heavy atom. The highest BCUT2D eigenvalue weighted by molar-refractivity contribution is 5.82. The van der Waals surface area contributed by atoms with Crippen LogP contribution in [-0.2, 0) is 6.42 Å². The van der Waals surface area contributed by atoms with Gasteiger partial charge in [-0.15, -0.1) is 0 Å². The standard InChI is InChI=1S/C19H23NO2/c1-5-15-16-8-6-7-9-18(16)22-19(15)14(4)20-13(3)17-11-10-12(2)21-17/h6-11,13-14,20H,5H2,1-4H3. The molecule has 0 aliphatic heterocycles. The Kier molecular flexibility index (Phi) is 4.08. The molecule has 0 aliphatic rings. The van der Waals surface area contributed by atoms with Gasteiger partial charge in [-0.2, -0.15) is 0 Å². The van der Waals surface area contributed by atoms with Crippen molar-refractivity contribution in [3.63, 3.8) is 0 Å². The van der Waals surface area contributed by atoms with Crippen LogP contribution in [0.4, 0.5) is 0 Å². The van der Waals surface area contributed by atoms with E-state index in [1.54, 1.807) is 0 Å². The molecule has 0 radical (unpaired) electrons. The van der Waals surface area contributed by atoms with E-state index < -0.39 is 0 Å². The van der Waals surface area contributed by atoms with Gasteiger partial charge in [0.15, 0.2) is 0 Å². The largest absolute Gasteiger partial charge is 0.465 e. The lowest BCUT2D eigenvalue weighted by Gasteiger charge is -2.18. The third kappa shape index (κ3) is 2.69. The maximum atomic E-state index is 6.10. The first-order valence-corrected chi connectivity index (χ1v) is 7.92. The number of benzene rings is 1. The minimum Gasteiger partial charge on any atom is -0.465 e. The summed E-state index contributed by atoms with van der Waals surface area (Å²) in [6.07, 6.45) is 0.965. The Labute approximate surface area is 131 Å². The second-order valence-corrected chi connectivity index (χ2v) is 5.85. The molecule has 2 aromatic heterocycles. The van der Waals surface area contributed by atoms with Crippen LogP contribution in [-0.4, -0.2) is 0 Å². The van der Waals surface area contributed by atoms with Crippen LogP contribution in [0, 0.1) is 6.92 Å². The highest BCUT2D eigenvalue weighted by atomic mass is 16.3. The average Bonchev–Trinajstić information content (AvgIpc) is 3.10. The molecule has 3 rings (SSSR count). The number of nitrogens with one attached hydrogen (secondary N) is 1. The smallest absolute Gasteiger partial charge is 0.134 e. The first-order chi connectivity index (χ1) is 10.6. The van der Waals surface area contributed by atoms with Gasteiger partial charge in [-0.1, -0.05) is 25.1 Å². The Balaban J connectivity index is 1.87. The second-order valence-electron chi connectivity index (χ2n) is 5.85. The summed E-state index contributed by atoms with van der Waals surface area (Å²) in [6.45, 7) is 8.40. The molecule has 0 aliphatic carbocycles. The van der Waals surface area contributed by atoms with Crippen molar-refractivity contribution in [1.29, 1.82) is 0 Å². The number of aryl methyl sites for hydroxylation is 2. The van der Waals surface area contributed by atoms with E-state index in [1.165, 1.54) is 10.9 Å². The topological polar surface area (TPSA) is 38.3 Å². The number of hydrogen-bond donors (Lipinski definition) is 1. The lowest BCUT2D eigenvalue weighted by molar-refractivity contribution is 0.365. The van der Waals surface area contributed by atoms with Gasteiger partial charge in [0, 0.05) is 10.9 Å². The van der Waals surface area contributed by atoms with E-state index in [2.05, 4.69) is 38.2 Å². The van der Waals surface area contributed by atoms with E-state index >= 15 is 0 Å². The van der Waals surface area contributed by atoms with Crippen molar-refractivity contribution in [2.45, 2.75) is 46.2 Å². The maximum Gasteiger partial charge on any atom is 0.134 e. The lowest BCUT2D eigenvalue weighted by Crippen LogP contribution is -2.22. The van der Waals surface area contributed by atoms with Crippen molar-refractivity contribution in [1.82, 2.24) is 5.32 Å². The van der Waals surface area contributed by atoms with Crippen molar-refractivity contribution in [2.24, 2.45) is 0 Å². The highest BCUT2D eigenvalue weighted by Gasteiger charge is 2.20. The van der Waals surface area contributed by atoms with Gasteiger partial charge in [0.1, 0.15) is 22.9 Å². The predicted octanol–water partition coefficient (Wildman–Crippen LogP) is 5.31. The van der Waals surface area contributed by atoms with Gasteiger partial charge in [0.25, 0.3) is 0 Å². The number of hydrogen-bond acceptors (Lipinski definition) is 3. The molecule has 2 heterocycles. The number of rotatable bonds is 5. The summed E-state index contributed by atoms with van der Waals surface area (Å²) in [5, 5.41) is 4.79. The molecule has 3 nitrogen and oxygen atoms in total. The van der Waals surface area contributed by atoms with Crippen LogP contribution in [0.5, 0.6) is 0 Å². The van der Waals surface area contributed by atoms with Crippen molar-refractivity contribution in [3.05, 3.63) is 59.2 Å². The molecular formula is C19H23NO2. The molecule has 3 heteroatoms. The molecular weight excluding hydrogens is 274 g/mol. The molecule has 0 bridgehead atoms. The van der Waals surface area contributed by atoms with Crippen molar-refractivity contribution in [3.8, 4) is 0 Å². The van der Waals surface area contributed by atoms with E-state index in [0.717, 1.165) is 29.3 Å². The molecule has 0 saturated heterocycles. The third-order valence-corrected chi connectivity index (χ3v) is 4.16. The van der Waals surface area contributed by atoms with Crippen LogP contribution in [0.2, 0.25) is 0 Å². The predicted molar refractivity (Wildman–Crippen MR) is 89.0 cm³/mol. The zero-order valence-electron chi connectivity index (χ0n) is 13.6. The number of furan rings is 2. The molecule has 116 valence electrons. The first kappa shape index (κ1) is 14.9. The molecule has 1 aromatic carbocycles. The normalized spacial score (nSPS) is 14.4. The van der Waals surface area contributed by atoms with Gasteiger partial charge in [-0.05, 0) is 45.4 Å². The van der Waals surface area contributed by atoms with Crippen molar-refractivity contribution < 1.29 is 8.83 Å². The number of para-hydroxylation sites is 1. The molecule has 22 heavy (non-hydrogen) atoms. The van der Waals surface area contributed by atoms with E-state index in [-0.39, 0.29) is 12.1 Å². The third-order valence-electron chi connectivity index (χ3n) is 4.16. The first-order valence-electron chi connectivity index (χ1n) is 7.92. The Morgan fingerprint density at radius 1 is 1.00 bits per heavy atom. The molecule has 0 spiro atoms. The van der Waals surface area contributed by atoms with Crippen LogP contribution in [0.25, 0.3) is 11.0 Å². The van der Waals surface area contributed by atoms with Gasteiger partial charge in [0.2, 0.25) is 0 Å². The molecule has 3 aromatic rings. The van der Waals surface area contributed by atoms with E-state index in [0.29, 0.717) is 0 Å². The minimum atomic E-state index is 0.128. The Bertz CT molecular complexity index is 769. The van der Waals surface area contributed by atoms with Crippen molar-refractivity contribution >= 4 is 11.0 Å². The van der Waals surface area contributed by atoms with Gasteiger partial charge in [-0.3, -0.25) is 5.32 Å². The quantitative estimate of drug-likeness (QED) is 0.693. The van der Waals surface area contributed by atoms with Gasteiger partial charge in [0.05, 0.1) is 12.1 Å². The van der Waals surface area contributed by atoms with Crippen LogP contribution in [0.15, 0.2) is 45.2 Å². The molecule has 2 atom stereocenters. The molecule has 0 fully saturated rings. The van der Waals surface area contributed by atoms with E-state index in [1.807, 2.05) is 31.2 Å². The molecule has 0 amide bonds. The molecule has 2 unspecified atom stereocenters. The fourth-order valence-corrected chi connectivity index (χ4v) is 3.05. The highest BCUT2D eigenvalue weighted by Crippen LogP contribution is 2.31. The van der Waals surface area contributed by atoms with Crippen LogP contribution >= 0.6 is 0 Å². The lowest BCUT2D eigenvalue weighted by atomic mass is 10.0. The summed E-state index contributed by atoms with van der Waals surface area (Å²) >= 11 is 0. The molecule has 0 saturated carbocycles. The maximum absolute atomic E-state index is 6.10. The zero-order chi connectivity index (χ0) is 15.7. The molecule has 1 N–H and O–H groups in total. The van der Waals surface area contributed by atoms with Crippen molar-refractivity contribution in [2.75, 3.05) is 0 Å². The average molecular weight is 297 g/mol. The second kappa shape index (κ2) is 6.01. The van der Waals surface area contributed by atoms with E-state index in [4.69, 9.17) is 8.83 Å². The van der Waals surface area contributed by atoms with Gasteiger partial charge in [-0.25, -0.2) is 0 Å². The number of fused-ring (bicyclic) bond motifs is 1.